The summed E-state index contributed by atoms with van der Waals surface area (Å²) in [6.45, 7) is 0.787. The van der Waals surface area contributed by atoms with E-state index in [1.54, 1.807) is 42.7 Å². The Balaban J connectivity index is 1.86. The fraction of sp³-hybridized carbons (Fsp3) is 0.263. The van der Waals surface area contributed by atoms with E-state index in [4.69, 9.17) is 28.9 Å². The predicted molar refractivity (Wildman–Crippen MR) is 95.6 cm³/mol. The molecule has 2 rings (SSSR count). The third kappa shape index (κ3) is 5.66. The monoisotopic (exact) mass is 370 g/mol. The van der Waals surface area contributed by atoms with Crippen LogP contribution in [0.3, 0.4) is 0 Å². The quantitative estimate of drug-likeness (QED) is 0.273. The van der Waals surface area contributed by atoms with Crippen molar-refractivity contribution in [2.24, 2.45) is 4.99 Å². The molecule has 0 atom stereocenters. The highest BCUT2D eigenvalue weighted by atomic mass is 16.5. The van der Waals surface area contributed by atoms with E-state index in [0.29, 0.717) is 54.1 Å². The van der Waals surface area contributed by atoms with Gasteiger partial charge >= 0.3 is 0 Å². The van der Waals surface area contributed by atoms with Gasteiger partial charge in [0.15, 0.2) is 23.0 Å². The van der Waals surface area contributed by atoms with E-state index < -0.39 is 0 Å². The van der Waals surface area contributed by atoms with Crippen LogP contribution in [0.15, 0.2) is 41.4 Å². The summed E-state index contributed by atoms with van der Waals surface area (Å²) in [5.41, 5.74) is 0.438. The van der Waals surface area contributed by atoms with E-state index in [2.05, 4.69) is 4.99 Å². The maximum Gasteiger partial charge on any atom is 0.292 e. The minimum Gasteiger partial charge on any atom is -0.493 e. The number of hydrogen-bond donors (Lipinski definition) is 0. The number of hydrogen-bond acceptors (Lipinski definition) is 8. The van der Waals surface area contributed by atoms with Crippen molar-refractivity contribution in [1.29, 1.82) is 5.26 Å². The molecular weight excluding hydrogens is 352 g/mol. The summed E-state index contributed by atoms with van der Waals surface area (Å²) in [6.07, 6.45) is 3.69. The van der Waals surface area contributed by atoms with Gasteiger partial charge in [-0.05, 0) is 24.3 Å². The van der Waals surface area contributed by atoms with Crippen molar-refractivity contribution in [3.8, 4) is 35.0 Å². The summed E-state index contributed by atoms with van der Waals surface area (Å²) in [5, 5.41) is 8.54. The molecule has 0 heterocycles. The molecule has 0 aliphatic carbocycles. The molecule has 0 aromatic heterocycles. The van der Waals surface area contributed by atoms with Gasteiger partial charge in [0.1, 0.15) is 5.75 Å². The zero-order valence-electron chi connectivity index (χ0n) is 14.9. The first-order valence-electron chi connectivity index (χ1n) is 7.97. The third-order valence-corrected chi connectivity index (χ3v) is 3.42. The van der Waals surface area contributed by atoms with Gasteiger partial charge in [-0.15, -0.1) is 5.26 Å². The van der Waals surface area contributed by atoms with Crippen molar-refractivity contribution in [1.82, 2.24) is 0 Å². The molecule has 8 nitrogen and oxygen atoms in total. The first kappa shape index (κ1) is 19.6. The van der Waals surface area contributed by atoms with Crippen LogP contribution in [0, 0.1) is 11.5 Å². The smallest absolute Gasteiger partial charge is 0.292 e. The molecule has 0 fully saturated rings. The van der Waals surface area contributed by atoms with Crippen LogP contribution in [0.5, 0.6) is 28.7 Å². The standard InChI is InChI=1S/C19H18N2O6/c1-23-18-10-14(21-13-22)4-6-16(18)25-8-3-9-26-17-7-5-15(27-12-20)11-19(17)24-2/h4-7,10-11H,3,8-9H2,1-2H3. The van der Waals surface area contributed by atoms with E-state index in [1.165, 1.54) is 20.3 Å². The zero-order chi connectivity index (χ0) is 19.5. The molecule has 2 aromatic rings. The summed E-state index contributed by atoms with van der Waals surface area (Å²) in [4.78, 5) is 13.8. The second kappa shape index (κ2) is 10.3. The van der Waals surface area contributed by atoms with E-state index in [-0.39, 0.29) is 0 Å². The molecule has 0 N–H and O–H groups in total. The third-order valence-electron chi connectivity index (χ3n) is 3.42. The molecule has 0 saturated heterocycles. The van der Waals surface area contributed by atoms with Crippen LogP contribution in [0.2, 0.25) is 0 Å². The Morgan fingerprint density at radius 1 is 0.926 bits per heavy atom. The lowest BCUT2D eigenvalue weighted by Crippen LogP contribution is -2.06. The van der Waals surface area contributed by atoms with Gasteiger partial charge in [-0.2, -0.15) is 4.99 Å². The average molecular weight is 370 g/mol. The molecule has 8 heteroatoms. The highest BCUT2D eigenvalue weighted by Gasteiger charge is 2.08. The fourth-order valence-corrected chi connectivity index (χ4v) is 2.20. The van der Waals surface area contributed by atoms with Crippen molar-refractivity contribution in [3.63, 3.8) is 0 Å². The highest BCUT2D eigenvalue weighted by Crippen LogP contribution is 2.32. The summed E-state index contributed by atoms with van der Waals surface area (Å²) >= 11 is 0. The topological polar surface area (TPSA) is 99.4 Å². The molecule has 0 bridgehead atoms. The lowest BCUT2D eigenvalue weighted by atomic mass is 10.3. The van der Waals surface area contributed by atoms with Gasteiger partial charge in [-0.25, -0.2) is 4.79 Å². The van der Waals surface area contributed by atoms with Crippen molar-refractivity contribution >= 4 is 11.8 Å². The second-order valence-electron chi connectivity index (χ2n) is 5.09. The summed E-state index contributed by atoms with van der Waals surface area (Å²) in [6, 6.07) is 9.75. The van der Waals surface area contributed by atoms with Crippen molar-refractivity contribution in [2.75, 3.05) is 27.4 Å². The van der Waals surface area contributed by atoms with E-state index in [0.717, 1.165) is 0 Å². The minimum atomic E-state index is 0.375. The molecular formula is C19H18N2O6. The van der Waals surface area contributed by atoms with Crippen LogP contribution in [0.25, 0.3) is 0 Å². The number of nitriles is 1. The van der Waals surface area contributed by atoms with Crippen LogP contribution in [0.1, 0.15) is 6.42 Å². The van der Waals surface area contributed by atoms with E-state index >= 15 is 0 Å². The maximum atomic E-state index is 10.3. The summed E-state index contributed by atoms with van der Waals surface area (Å²) < 4.78 is 26.5. The number of methoxy groups -OCH3 is 2. The van der Waals surface area contributed by atoms with Gasteiger partial charge in [0.25, 0.3) is 6.26 Å². The maximum absolute atomic E-state index is 10.3. The number of benzene rings is 2. The number of ether oxygens (including phenoxy) is 5. The Labute approximate surface area is 156 Å². The van der Waals surface area contributed by atoms with Crippen LogP contribution < -0.4 is 23.7 Å². The van der Waals surface area contributed by atoms with Crippen molar-refractivity contribution < 1.29 is 28.5 Å². The van der Waals surface area contributed by atoms with Gasteiger partial charge in [0.2, 0.25) is 6.08 Å². The molecule has 0 saturated carbocycles. The number of isocyanates is 1. The van der Waals surface area contributed by atoms with Crippen LogP contribution in [0.4, 0.5) is 5.69 Å². The average Bonchev–Trinajstić information content (AvgIpc) is 2.69. The van der Waals surface area contributed by atoms with E-state index in [9.17, 15) is 4.79 Å². The SMILES string of the molecule is COc1cc(N=C=O)ccc1OCCCOc1ccc(OC#N)cc1OC. The normalized spacial score (nSPS) is 9.52. The highest BCUT2D eigenvalue weighted by molar-refractivity contribution is 5.55. The van der Waals surface area contributed by atoms with Crippen molar-refractivity contribution in [3.05, 3.63) is 36.4 Å². The number of nitrogens with zero attached hydrogens (tertiary/aromatic N) is 2. The van der Waals surface area contributed by atoms with Crippen LogP contribution in [-0.2, 0) is 4.79 Å². The fourth-order valence-electron chi connectivity index (χ4n) is 2.20. The molecule has 0 aliphatic rings. The molecule has 140 valence electrons. The molecule has 27 heavy (non-hydrogen) atoms. The largest absolute Gasteiger partial charge is 0.493 e. The molecule has 2 aromatic carbocycles. The second-order valence-corrected chi connectivity index (χ2v) is 5.09. The van der Waals surface area contributed by atoms with Crippen LogP contribution >= 0.6 is 0 Å². The lowest BCUT2D eigenvalue weighted by Gasteiger charge is -2.13. The Hall–Kier alpha value is -3.69. The Kier molecular flexibility index (Phi) is 7.51. The van der Waals surface area contributed by atoms with Gasteiger partial charge in [-0.1, -0.05) is 0 Å². The predicted octanol–water partition coefficient (Wildman–Crippen LogP) is 3.38. The minimum absolute atomic E-state index is 0.375. The van der Waals surface area contributed by atoms with Crippen LogP contribution in [-0.4, -0.2) is 33.5 Å². The first-order chi connectivity index (χ1) is 13.2. The molecule has 0 amide bonds. The van der Waals surface area contributed by atoms with Gasteiger partial charge in [0, 0.05) is 18.6 Å². The summed E-state index contributed by atoms with van der Waals surface area (Å²) in [5.74, 6) is 2.40. The lowest BCUT2D eigenvalue weighted by molar-refractivity contribution is 0.234. The zero-order valence-corrected chi connectivity index (χ0v) is 14.9. The number of carbonyl (C=O) groups excluding carboxylic acids is 1. The first-order valence-corrected chi connectivity index (χ1v) is 7.97. The van der Waals surface area contributed by atoms with Gasteiger partial charge in [0.05, 0.1) is 33.1 Å². The van der Waals surface area contributed by atoms with E-state index in [1.807, 2.05) is 0 Å². The van der Waals surface area contributed by atoms with Crippen molar-refractivity contribution in [2.45, 2.75) is 6.42 Å². The van der Waals surface area contributed by atoms with Gasteiger partial charge < -0.3 is 23.7 Å². The molecule has 0 unspecified atom stereocenters. The Bertz CT molecular complexity index is 856. The number of aliphatic imine (C=N–C) groups is 1. The Morgan fingerprint density at radius 3 is 2.15 bits per heavy atom. The molecule has 0 spiro atoms. The number of rotatable bonds is 10. The Morgan fingerprint density at radius 2 is 1.56 bits per heavy atom. The molecule has 0 aliphatic heterocycles. The molecule has 0 radical (unpaired) electrons. The summed E-state index contributed by atoms with van der Waals surface area (Å²) in [7, 11) is 3.01. The van der Waals surface area contributed by atoms with Gasteiger partial charge in [-0.3, -0.25) is 0 Å².